The summed E-state index contributed by atoms with van der Waals surface area (Å²) in [6.45, 7) is 3.23. The molecule has 2 aromatic heterocycles. The van der Waals surface area contributed by atoms with E-state index in [1.54, 1.807) is 6.20 Å². The fourth-order valence-electron chi connectivity index (χ4n) is 4.16. The van der Waals surface area contributed by atoms with Crippen LogP contribution in [-0.2, 0) is 17.9 Å². The molecule has 132 valence electrons. The molecule has 7 heteroatoms. The molecule has 3 aromatic rings. The van der Waals surface area contributed by atoms with Crippen molar-refractivity contribution in [1.82, 2.24) is 25.5 Å². The lowest BCUT2D eigenvalue weighted by Gasteiger charge is -2.19. The SMILES string of the molecule is O=C(NCc1ccccn1)C1[C@H]2CN(Cc3cccc4nonc34)C[C@@H]12. The smallest absolute Gasteiger partial charge is 0.224 e. The number of likely N-dealkylation sites (tertiary alicyclic amines) is 1. The Morgan fingerprint density at radius 2 is 2.04 bits per heavy atom. The second-order valence-electron chi connectivity index (χ2n) is 7.14. The Balaban J connectivity index is 1.16. The van der Waals surface area contributed by atoms with Gasteiger partial charge in [-0.1, -0.05) is 18.2 Å². The van der Waals surface area contributed by atoms with E-state index in [0.717, 1.165) is 41.9 Å². The Morgan fingerprint density at radius 1 is 1.15 bits per heavy atom. The molecule has 2 aliphatic rings. The quantitative estimate of drug-likeness (QED) is 0.753. The molecule has 1 saturated carbocycles. The molecule has 3 atom stereocenters. The third kappa shape index (κ3) is 2.74. The molecule has 3 heterocycles. The Bertz CT molecular complexity index is 929. The minimum absolute atomic E-state index is 0.152. The first-order chi connectivity index (χ1) is 12.8. The highest BCUT2D eigenvalue weighted by molar-refractivity contribution is 5.82. The van der Waals surface area contributed by atoms with Crippen LogP contribution in [0, 0.1) is 17.8 Å². The van der Waals surface area contributed by atoms with Crippen molar-refractivity contribution in [2.45, 2.75) is 13.1 Å². The molecule has 1 aliphatic carbocycles. The average molecular weight is 349 g/mol. The Hall–Kier alpha value is -2.80. The molecular weight excluding hydrogens is 330 g/mol. The molecule has 0 spiro atoms. The van der Waals surface area contributed by atoms with E-state index in [1.165, 1.54) is 0 Å². The molecule has 7 nitrogen and oxygen atoms in total. The topological polar surface area (TPSA) is 84.2 Å². The number of nitrogens with one attached hydrogen (secondary N) is 1. The van der Waals surface area contributed by atoms with E-state index in [-0.39, 0.29) is 11.8 Å². The van der Waals surface area contributed by atoms with E-state index in [4.69, 9.17) is 4.63 Å². The molecule has 1 saturated heterocycles. The summed E-state index contributed by atoms with van der Waals surface area (Å²) in [7, 11) is 0. The lowest BCUT2D eigenvalue weighted by Crippen LogP contribution is -2.31. The van der Waals surface area contributed by atoms with Crippen molar-refractivity contribution in [3.63, 3.8) is 0 Å². The zero-order valence-corrected chi connectivity index (χ0v) is 14.2. The van der Waals surface area contributed by atoms with Gasteiger partial charge in [0.05, 0.1) is 12.2 Å². The van der Waals surface area contributed by atoms with Crippen LogP contribution >= 0.6 is 0 Å². The number of rotatable bonds is 5. The van der Waals surface area contributed by atoms with Crippen molar-refractivity contribution in [1.29, 1.82) is 0 Å². The Morgan fingerprint density at radius 3 is 2.85 bits per heavy atom. The van der Waals surface area contributed by atoms with Crippen LogP contribution in [0.1, 0.15) is 11.3 Å². The zero-order chi connectivity index (χ0) is 17.5. The van der Waals surface area contributed by atoms with Crippen molar-refractivity contribution in [2.75, 3.05) is 13.1 Å². The average Bonchev–Trinajstić information content (AvgIpc) is 3.03. The molecule has 1 aliphatic heterocycles. The van der Waals surface area contributed by atoms with E-state index < -0.39 is 0 Å². The maximum absolute atomic E-state index is 12.4. The van der Waals surface area contributed by atoms with Gasteiger partial charge >= 0.3 is 0 Å². The lowest BCUT2D eigenvalue weighted by molar-refractivity contribution is -0.123. The number of piperidine rings is 1. The summed E-state index contributed by atoms with van der Waals surface area (Å²) >= 11 is 0. The van der Waals surface area contributed by atoms with Crippen LogP contribution in [0.15, 0.2) is 47.2 Å². The standard InChI is InChI=1S/C19H19N5O2/c25-19(21-8-13-5-1-2-7-20-13)17-14-10-24(11-15(14)17)9-12-4-3-6-16-18(12)23-26-22-16/h1-7,14-15,17H,8-11H2,(H,21,25)/t14-,15+,17?. The lowest BCUT2D eigenvalue weighted by atomic mass is 10.1. The first-order valence-electron chi connectivity index (χ1n) is 8.90. The van der Waals surface area contributed by atoms with Crippen molar-refractivity contribution in [3.8, 4) is 0 Å². The highest BCUT2D eigenvalue weighted by Crippen LogP contribution is 2.52. The minimum atomic E-state index is 0.152. The van der Waals surface area contributed by atoms with E-state index in [1.807, 2.05) is 30.3 Å². The van der Waals surface area contributed by atoms with Crippen LogP contribution in [0.3, 0.4) is 0 Å². The van der Waals surface area contributed by atoms with Gasteiger partial charge < -0.3 is 5.32 Å². The highest BCUT2D eigenvalue weighted by atomic mass is 16.6. The molecular formula is C19H19N5O2. The van der Waals surface area contributed by atoms with E-state index in [9.17, 15) is 4.79 Å². The number of fused-ring (bicyclic) bond motifs is 2. The van der Waals surface area contributed by atoms with Gasteiger partial charge in [-0.25, -0.2) is 4.63 Å². The van der Waals surface area contributed by atoms with Crippen molar-refractivity contribution in [3.05, 3.63) is 53.9 Å². The predicted octanol–water partition coefficient (Wildman–Crippen LogP) is 1.61. The fourth-order valence-corrected chi connectivity index (χ4v) is 4.16. The number of aromatic nitrogens is 3. The predicted molar refractivity (Wildman–Crippen MR) is 93.6 cm³/mol. The fraction of sp³-hybridized carbons (Fsp3) is 0.368. The molecule has 26 heavy (non-hydrogen) atoms. The summed E-state index contributed by atoms with van der Waals surface area (Å²) in [5.41, 5.74) is 3.64. The maximum Gasteiger partial charge on any atom is 0.224 e. The van der Waals surface area contributed by atoms with Gasteiger partial charge in [0, 0.05) is 31.7 Å². The summed E-state index contributed by atoms with van der Waals surface area (Å²) in [6, 6.07) is 11.7. The van der Waals surface area contributed by atoms with Crippen LogP contribution in [0.2, 0.25) is 0 Å². The van der Waals surface area contributed by atoms with E-state index in [0.29, 0.717) is 18.4 Å². The number of carbonyl (C=O) groups excluding carboxylic acids is 1. The third-order valence-corrected chi connectivity index (χ3v) is 5.51. The molecule has 2 fully saturated rings. The van der Waals surface area contributed by atoms with Gasteiger partial charge in [-0.3, -0.25) is 14.7 Å². The molecule has 1 amide bonds. The van der Waals surface area contributed by atoms with Crippen molar-refractivity contribution in [2.24, 2.45) is 17.8 Å². The number of hydrogen-bond acceptors (Lipinski definition) is 6. The van der Waals surface area contributed by atoms with Crippen LogP contribution < -0.4 is 5.32 Å². The number of hydrogen-bond donors (Lipinski definition) is 1. The van der Waals surface area contributed by atoms with Crippen molar-refractivity contribution >= 4 is 16.9 Å². The van der Waals surface area contributed by atoms with Gasteiger partial charge in [0.1, 0.15) is 11.0 Å². The summed E-state index contributed by atoms with van der Waals surface area (Å²) in [5, 5.41) is 10.9. The first kappa shape index (κ1) is 15.5. The number of nitrogens with zero attached hydrogens (tertiary/aromatic N) is 4. The van der Waals surface area contributed by atoms with Gasteiger partial charge in [-0.15, -0.1) is 0 Å². The molecule has 5 rings (SSSR count). The highest BCUT2D eigenvalue weighted by Gasteiger charge is 2.59. The second-order valence-corrected chi connectivity index (χ2v) is 7.14. The summed E-state index contributed by atoms with van der Waals surface area (Å²) in [5.74, 6) is 1.24. The normalized spacial score (nSPS) is 24.5. The molecule has 1 N–H and O–H groups in total. The summed E-state index contributed by atoms with van der Waals surface area (Å²) in [4.78, 5) is 19.0. The van der Waals surface area contributed by atoms with Crippen LogP contribution in [0.25, 0.3) is 11.0 Å². The summed E-state index contributed by atoms with van der Waals surface area (Å²) in [6.07, 6.45) is 1.75. The van der Waals surface area contributed by atoms with Gasteiger partial charge in [0.25, 0.3) is 0 Å². The van der Waals surface area contributed by atoms with E-state index >= 15 is 0 Å². The van der Waals surface area contributed by atoms with Crippen LogP contribution in [0.4, 0.5) is 0 Å². The molecule has 1 aromatic carbocycles. The van der Waals surface area contributed by atoms with Gasteiger partial charge in [0.15, 0.2) is 0 Å². The monoisotopic (exact) mass is 349 g/mol. The summed E-state index contributed by atoms with van der Waals surface area (Å²) < 4.78 is 4.84. The number of benzene rings is 1. The van der Waals surface area contributed by atoms with Gasteiger partial charge in [0.2, 0.25) is 5.91 Å². The van der Waals surface area contributed by atoms with E-state index in [2.05, 4.69) is 31.6 Å². The molecule has 0 radical (unpaired) electrons. The second kappa shape index (κ2) is 6.17. The third-order valence-electron chi connectivity index (χ3n) is 5.51. The zero-order valence-electron chi connectivity index (χ0n) is 14.2. The molecule has 0 bridgehead atoms. The van der Waals surface area contributed by atoms with Gasteiger partial charge in [-0.05, 0) is 45.9 Å². The Kier molecular flexibility index (Phi) is 3.67. The van der Waals surface area contributed by atoms with Crippen LogP contribution in [0.5, 0.6) is 0 Å². The minimum Gasteiger partial charge on any atom is -0.350 e. The number of amides is 1. The Labute approximate surface area is 150 Å². The molecule has 1 unspecified atom stereocenters. The van der Waals surface area contributed by atoms with Gasteiger partial charge in [-0.2, -0.15) is 0 Å². The number of pyridine rings is 1. The maximum atomic E-state index is 12.4. The largest absolute Gasteiger partial charge is 0.350 e. The van der Waals surface area contributed by atoms with Crippen molar-refractivity contribution < 1.29 is 9.42 Å². The number of carbonyl (C=O) groups is 1. The first-order valence-corrected chi connectivity index (χ1v) is 8.90. The van der Waals surface area contributed by atoms with Crippen LogP contribution in [-0.4, -0.2) is 39.2 Å².